The third kappa shape index (κ3) is 13.5. The minimum absolute atomic E-state index is 0.320. The smallest absolute Gasteiger partial charge is 0.248 e. The summed E-state index contributed by atoms with van der Waals surface area (Å²) in [6.45, 7) is -0.290. The lowest BCUT2D eigenvalue weighted by Gasteiger charge is -2.15. The number of aliphatic hydroxyl groups is 1. The molecule has 0 saturated carbocycles. The molecule has 15 heavy (non-hydrogen) atoms. The fourth-order valence-electron chi connectivity index (χ4n) is 1.21. The summed E-state index contributed by atoms with van der Waals surface area (Å²) in [6, 6.07) is 1.55. The van der Waals surface area contributed by atoms with Crippen molar-refractivity contribution in [1.29, 1.82) is 0 Å². The van der Waals surface area contributed by atoms with Gasteiger partial charge in [-0.1, -0.05) is 6.42 Å². The summed E-state index contributed by atoms with van der Waals surface area (Å²) in [5.74, 6) is 0. The third-order valence-corrected chi connectivity index (χ3v) is 6.74. The van der Waals surface area contributed by atoms with E-state index < -0.39 is 13.4 Å². The second-order valence-corrected chi connectivity index (χ2v) is 20.7. The van der Waals surface area contributed by atoms with Crippen LogP contribution in [0.4, 0.5) is 0 Å². The van der Waals surface area contributed by atoms with Gasteiger partial charge in [0.15, 0.2) is 0 Å². The van der Waals surface area contributed by atoms with Crippen LogP contribution in [-0.2, 0) is 0 Å². The number of aliphatic hydroxyl groups excluding tert-OH is 1. The van der Waals surface area contributed by atoms with Crippen LogP contribution in [0, 0.1) is 0 Å². The number of hydrogen-bond acceptors (Lipinski definition) is 1. The molecule has 0 aromatic rings. The molecule has 92 valence electrons. The topological polar surface area (TPSA) is 20.2 Å². The summed E-state index contributed by atoms with van der Waals surface area (Å²) in [6.07, 6.45) is 1.97. The van der Waals surface area contributed by atoms with E-state index in [0.717, 1.165) is 24.9 Å². The summed E-state index contributed by atoms with van der Waals surface area (Å²) in [7, 11) is 0. The molecule has 0 heterocycles. The van der Waals surface area contributed by atoms with Gasteiger partial charge in [-0.15, -0.1) is 44.3 Å². The van der Waals surface area contributed by atoms with Crippen molar-refractivity contribution in [1.82, 2.24) is 0 Å². The first-order valence-electron chi connectivity index (χ1n) is 5.04. The molecule has 0 bridgehead atoms. The summed E-state index contributed by atoms with van der Waals surface area (Å²) in [5.41, 5.74) is 0. The van der Waals surface area contributed by atoms with E-state index in [2.05, 4.69) is 0 Å². The van der Waals surface area contributed by atoms with Gasteiger partial charge < -0.3 is 5.11 Å². The van der Waals surface area contributed by atoms with Gasteiger partial charge >= 0.3 is 0 Å². The van der Waals surface area contributed by atoms with Crippen molar-refractivity contribution >= 4 is 57.7 Å². The van der Waals surface area contributed by atoms with Gasteiger partial charge in [-0.3, -0.25) is 0 Å². The lowest BCUT2D eigenvalue weighted by Crippen LogP contribution is -2.18. The van der Waals surface area contributed by atoms with Crippen LogP contribution in [0.5, 0.6) is 0 Å². The molecule has 1 atom stereocenters. The van der Waals surface area contributed by atoms with Gasteiger partial charge in [0.2, 0.25) is 13.4 Å². The van der Waals surface area contributed by atoms with Gasteiger partial charge in [-0.05, 0) is 38.0 Å². The molecule has 0 aliphatic carbocycles. The van der Waals surface area contributed by atoms with Crippen LogP contribution in [0.2, 0.25) is 25.2 Å². The zero-order valence-corrected chi connectivity index (χ0v) is 14.1. The Kier molecular flexibility index (Phi) is 7.83. The lowest BCUT2D eigenvalue weighted by atomic mass is 10.2. The molecule has 1 N–H and O–H groups in total. The highest BCUT2D eigenvalue weighted by Crippen LogP contribution is 2.26. The molecule has 0 saturated heterocycles. The molecule has 1 unspecified atom stereocenters. The Morgan fingerprint density at radius 3 is 1.80 bits per heavy atom. The first kappa shape index (κ1) is 16.6. The van der Waals surface area contributed by atoms with Crippen LogP contribution >= 0.6 is 44.3 Å². The molecule has 0 aliphatic rings. The maximum absolute atomic E-state index is 9.64. The first-order chi connectivity index (χ1) is 6.60. The average molecular weight is 328 g/mol. The van der Waals surface area contributed by atoms with Crippen LogP contribution in [-0.4, -0.2) is 24.6 Å². The Labute approximate surface area is 113 Å². The fourth-order valence-corrected chi connectivity index (χ4v) is 4.33. The second-order valence-electron chi connectivity index (χ2n) is 4.23. The van der Waals surface area contributed by atoms with Crippen molar-refractivity contribution in [2.75, 3.05) is 0 Å². The Bertz CT molecular complexity index is 178. The van der Waals surface area contributed by atoms with E-state index >= 15 is 0 Å². The van der Waals surface area contributed by atoms with Crippen molar-refractivity contribution < 1.29 is 5.11 Å². The van der Waals surface area contributed by atoms with Crippen LogP contribution in [0.15, 0.2) is 0 Å². The van der Waals surface area contributed by atoms with Gasteiger partial charge in [0.25, 0.3) is 0 Å². The van der Waals surface area contributed by atoms with E-state index in [1.807, 2.05) is 13.1 Å². The Balaban J connectivity index is 3.54. The second kappa shape index (κ2) is 7.09. The maximum atomic E-state index is 9.64. The molecule has 0 aliphatic heterocycles. The number of halogens is 4. The quantitative estimate of drug-likeness (QED) is 0.534. The molecule has 0 fully saturated rings. The maximum Gasteiger partial charge on any atom is 0.248 e. The van der Waals surface area contributed by atoms with Crippen molar-refractivity contribution in [2.45, 2.75) is 50.5 Å². The first-order valence-corrected chi connectivity index (χ1v) is 14.5. The van der Waals surface area contributed by atoms with Crippen molar-refractivity contribution in [3.63, 3.8) is 0 Å². The van der Waals surface area contributed by atoms with Gasteiger partial charge in [0.1, 0.15) is 0 Å². The summed E-state index contributed by atoms with van der Waals surface area (Å²) in [5, 5.41) is 9.64. The van der Waals surface area contributed by atoms with E-state index in [1.54, 1.807) is 0 Å². The van der Waals surface area contributed by atoms with E-state index in [4.69, 9.17) is 44.3 Å². The largest absolute Gasteiger partial charge is 0.393 e. The van der Waals surface area contributed by atoms with Crippen LogP contribution in [0.25, 0.3) is 0 Å². The molecule has 0 radical (unpaired) electrons. The predicted molar refractivity (Wildman–Crippen MR) is 76.1 cm³/mol. The average Bonchev–Trinajstić information content (AvgIpc) is 1.97. The Morgan fingerprint density at radius 2 is 1.40 bits per heavy atom. The predicted octanol–water partition coefficient (Wildman–Crippen LogP) is 4.62. The molecular formula is C8H18Cl4OSi2. The zero-order valence-electron chi connectivity index (χ0n) is 9.07. The van der Waals surface area contributed by atoms with E-state index in [-0.39, 0.29) is 6.10 Å². The zero-order chi connectivity index (χ0) is 12.1. The highest BCUT2D eigenvalue weighted by molar-refractivity contribution is 7.45. The SMILES string of the molecule is C[Si](Cl)(Cl)CCCC(O)CC[Si](C)(Cl)Cl. The molecule has 0 aromatic heterocycles. The van der Waals surface area contributed by atoms with Crippen molar-refractivity contribution in [2.24, 2.45) is 0 Å². The summed E-state index contributed by atoms with van der Waals surface area (Å²) in [4.78, 5) is 0. The molecule has 0 aromatic carbocycles. The number of rotatable bonds is 7. The third-order valence-electron chi connectivity index (χ3n) is 2.07. The number of hydrogen-bond donors (Lipinski definition) is 1. The van der Waals surface area contributed by atoms with E-state index in [9.17, 15) is 5.11 Å². The van der Waals surface area contributed by atoms with Gasteiger partial charge in [-0.2, -0.15) is 0 Å². The van der Waals surface area contributed by atoms with Crippen molar-refractivity contribution in [3.8, 4) is 0 Å². The normalized spacial score (nSPS) is 15.4. The van der Waals surface area contributed by atoms with Crippen molar-refractivity contribution in [3.05, 3.63) is 0 Å². The molecule has 0 rings (SSSR count). The Morgan fingerprint density at radius 1 is 0.933 bits per heavy atom. The fraction of sp³-hybridized carbons (Fsp3) is 1.00. The monoisotopic (exact) mass is 326 g/mol. The minimum Gasteiger partial charge on any atom is -0.393 e. The molecule has 0 spiro atoms. The molecule has 7 heteroatoms. The van der Waals surface area contributed by atoms with Crippen LogP contribution < -0.4 is 0 Å². The van der Waals surface area contributed by atoms with Gasteiger partial charge in [0.05, 0.1) is 6.10 Å². The molecule has 0 amide bonds. The minimum atomic E-state index is -2.05. The van der Waals surface area contributed by atoms with Crippen LogP contribution in [0.3, 0.4) is 0 Å². The van der Waals surface area contributed by atoms with Crippen LogP contribution in [0.1, 0.15) is 19.3 Å². The van der Waals surface area contributed by atoms with Gasteiger partial charge in [-0.25, -0.2) is 0 Å². The van der Waals surface area contributed by atoms with Gasteiger partial charge in [0, 0.05) is 0 Å². The summed E-state index contributed by atoms with van der Waals surface area (Å²) >= 11 is 23.8. The van der Waals surface area contributed by atoms with E-state index in [1.165, 1.54) is 0 Å². The molecule has 1 nitrogen and oxygen atoms in total. The van der Waals surface area contributed by atoms with E-state index in [0.29, 0.717) is 6.42 Å². The summed E-state index contributed by atoms with van der Waals surface area (Å²) < 4.78 is 0. The standard InChI is InChI=1S/C8H18Cl4OSi2/c1-14(9,10)6-3-4-8(13)5-7-15(2,11)12/h8,13H,3-7H2,1-2H3. The highest BCUT2D eigenvalue weighted by atomic mass is 35.7. The highest BCUT2D eigenvalue weighted by Gasteiger charge is 2.23. The lowest BCUT2D eigenvalue weighted by molar-refractivity contribution is 0.159. The Hall–Kier alpha value is 1.55. The molecular weight excluding hydrogens is 310 g/mol.